The molecule has 0 atom stereocenters. The second kappa shape index (κ2) is 6.65. The van der Waals surface area contributed by atoms with Crippen molar-refractivity contribution >= 4 is 11.6 Å². The highest BCUT2D eigenvalue weighted by Crippen LogP contribution is 2.26. The van der Waals surface area contributed by atoms with Gasteiger partial charge in [0.25, 0.3) is 0 Å². The van der Waals surface area contributed by atoms with Gasteiger partial charge in [0, 0.05) is 5.02 Å². The summed E-state index contributed by atoms with van der Waals surface area (Å²) >= 11 is 5.91. The molecule has 3 aromatic rings. The van der Waals surface area contributed by atoms with Gasteiger partial charge in [0.2, 0.25) is 0 Å². The second-order valence-electron chi connectivity index (χ2n) is 4.72. The van der Waals surface area contributed by atoms with E-state index in [1.165, 1.54) is 12.7 Å². The maximum absolute atomic E-state index is 11.1. The van der Waals surface area contributed by atoms with E-state index in [0.29, 0.717) is 5.02 Å². The summed E-state index contributed by atoms with van der Waals surface area (Å²) in [5.74, 6) is 0. The van der Waals surface area contributed by atoms with Gasteiger partial charge in [-0.2, -0.15) is 10.2 Å². The normalized spacial score (nSPS) is 11.2. The molecule has 0 aliphatic rings. The lowest BCUT2D eigenvalue weighted by Crippen LogP contribution is -2.36. The molecule has 0 saturated heterocycles. The standard InChI is InChI=1S/C13H13ClN6O.H2O/c14-12-3-1-11(2-4-12)13(21,5-19-9-15-7-17-19)6-20-10-16-8-18-20;/h1-4,7-10,21H,5-6H2;1H2. The molecule has 0 fully saturated rings. The molecule has 8 nitrogen and oxygen atoms in total. The third kappa shape index (κ3) is 3.48. The summed E-state index contributed by atoms with van der Waals surface area (Å²) in [6, 6.07) is 7.06. The molecule has 0 amide bonds. The van der Waals surface area contributed by atoms with Crippen LogP contribution in [0.15, 0.2) is 49.6 Å². The van der Waals surface area contributed by atoms with Gasteiger partial charge in [-0.15, -0.1) is 0 Å². The van der Waals surface area contributed by atoms with E-state index in [0.717, 1.165) is 5.56 Å². The van der Waals surface area contributed by atoms with Crippen LogP contribution >= 0.6 is 11.6 Å². The van der Waals surface area contributed by atoms with Gasteiger partial charge in [0.15, 0.2) is 0 Å². The van der Waals surface area contributed by atoms with Crippen LogP contribution in [0.3, 0.4) is 0 Å². The van der Waals surface area contributed by atoms with E-state index in [4.69, 9.17) is 11.6 Å². The largest absolute Gasteiger partial charge is 0.412 e. The quantitative estimate of drug-likeness (QED) is 0.725. The third-order valence-electron chi connectivity index (χ3n) is 3.16. The Morgan fingerprint density at radius 2 is 1.45 bits per heavy atom. The van der Waals surface area contributed by atoms with E-state index >= 15 is 0 Å². The fraction of sp³-hybridized carbons (Fsp3) is 0.231. The molecule has 2 heterocycles. The van der Waals surface area contributed by atoms with Gasteiger partial charge in [-0.1, -0.05) is 23.7 Å². The molecule has 9 heteroatoms. The predicted octanol–water partition coefficient (Wildman–Crippen LogP) is 0.286. The van der Waals surface area contributed by atoms with E-state index in [2.05, 4.69) is 20.2 Å². The summed E-state index contributed by atoms with van der Waals surface area (Å²) < 4.78 is 3.15. The molecular formula is C13H15ClN6O2. The molecule has 0 spiro atoms. The molecule has 0 bridgehead atoms. The van der Waals surface area contributed by atoms with E-state index in [1.807, 2.05) is 0 Å². The van der Waals surface area contributed by atoms with E-state index in [1.54, 1.807) is 46.3 Å². The molecule has 1 aromatic carbocycles. The number of benzene rings is 1. The van der Waals surface area contributed by atoms with Crippen molar-refractivity contribution in [3.63, 3.8) is 0 Å². The van der Waals surface area contributed by atoms with Crippen molar-refractivity contribution in [2.75, 3.05) is 0 Å². The monoisotopic (exact) mass is 322 g/mol. The molecule has 0 unspecified atom stereocenters. The third-order valence-corrected chi connectivity index (χ3v) is 3.41. The lowest BCUT2D eigenvalue weighted by atomic mass is 9.93. The number of halogens is 1. The van der Waals surface area contributed by atoms with Crippen molar-refractivity contribution in [1.29, 1.82) is 0 Å². The molecule has 116 valence electrons. The van der Waals surface area contributed by atoms with Crippen LogP contribution in [-0.2, 0) is 18.7 Å². The Morgan fingerprint density at radius 1 is 0.955 bits per heavy atom. The number of aliphatic hydroxyl groups is 1. The first kappa shape index (κ1) is 16.1. The highest BCUT2D eigenvalue weighted by Gasteiger charge is 2.31. The number of aromatic nitrogens is 6. The predicted molar refractivity (Wildman–Crippen MR) is 79.0 cm³/mol. The highest BCUT2D eigenvalue weighted by atomic mass is 35.5. The van der Waals surface area contributed by atoms with Crippen molar-refractivity contribution < 1.29 is 10.6 Å². The van der Waals surface area contributed by atoms with E-state index in [9.17, 15) is 5.11 Å². The Labute approximate surface area is 131 Å². The molecule has 0 radical (unpaired) electrons. The number of rotatable bonds is 5. The Kier molecular flexibility index (Phi) is 4.86. The van der Waals surface area contributed by atoms with Crippen molar-refractivity contribution in [3.05, 3.63) is 60.2 Å². The maximum Gasteiger partial charge on any atom is 0.137 e. The lowest BCUT2D eigenvalue weighted by Gasteiger charge is -2.28. The van der Waals surface area contributed by atoms with Crippen LogP contribution in [-0.4, -0.2) is 40.1 Å². The van der Waals surface area contributed by atoms with Crippen molar-refractivity contribution in [1.82, 2.24) is 29.5 Å². The first-order chi connectivity index (χ1) is 10.2. The van der Waals surface area contributed by atoms with Gasteiger partial charge in [0.05, 0.1) is 13.1 Å². The van der Waals surface area contributed by atoms with Gasteiger partial charge in [-0.25, -0.2) is 19.3 Å². The molecule has 3 N–H and O–H groups in total. The molecule has 0 aliphatic carbocycles. The summed E-state index contributed by atoms with van der Waals surface area (Å²) in [5, 5.41) is 19.8. The first-order valence-electron chi connectivity index (χ1n) is 6.29. The van der Waals surface area contributed by atoms with Gasteiger partial charge >= 0.3 is 0 Å². The van der Waals surface area contributed by atoms with Crippen molar-refractivity contribution in [2.24, 2.45) is 0 Å². The lowest BCUT2D eigenvalue weighted by molar-refractivity contribution is -0.00541. The summed E-state index contributed by atoms with van der Waals surface area (Å²) in [7, 11) is 0. The molecule has 0 saturated carbocycles. The zero-order valence-electron chi connectivity index (χ0n) is 11.5. The smallest absolute Gasteiger partial charge is 0.137 e. The fourth-order valence-corrected chi connectivity index (χ4v) is 2.28. The van der Waals surface area contributed by atoms with E-state index < -0.39 is 5.60 Å². The Balaban J connectivity index is 0.00000176. The minimum atomic E-state index is -1.20. The highest BCUT2D eigenvalue weighted by molar-refractivity contribution is 6.30. The minimum Gasteiger partial charge on any atom is -0.412 e. The minimum absolute atomic E-state index is 0. The van der Waals surface area contributed by atoms with Gasteiger partial charge in [-0.3, -0.25) is 0 Å². The Bertz CT molecular complexity index is 648. The molecule has 2 aromatic heterocycles. The van der Waals surface area contributed by atoms with Crippen LogP contribution in [0.2, 0.25) is 5.02 Å². The van der Waals surface area contributed by atoms with Crippen LogP contribution in [0.4, 0.5) is 0 Å². The van der Waals surface area contributed by atoms with Gasteiger partial charge in [0.1, 0.15) is 30.9 Å². The molecule has 0 aliphatic heterocycles. The van der Waals surface area contributed by atoms with Crippen LogP contribution < -0.4 is 0 Å². The summed E-state index contributed by atoms with van der Waals surface area (Å²) in [6.45, 7) is 0.489. The fourth-order valence-electron chi connectivity index (χ4n) is 2.16. The van der Waals surface area contributed by atoms with Gasteiger partial charge < -0.3 is 10.6 Å². The maximum atomic E-state index is 11.1. The van der Waals surface area contributed by atoms with Crippen LogP contribution in [0, 0.1) is 0 Å². The molecule has 22 heavy (non-hydrogen) atoms. The zero-order chi connectivity index (χ0) is 14.7. The van der Waals surface area contributed by atoms with E-state index in [-0.39, 0.29) is 18.6 Å². The van der Waals surface area contributed by atoms with Crippen LogP contribution in [0.25, 0.3) is 0 Å². The average Bonchev–Trinajstić information content (AvgIpc) is 3.13. The second-order valence-corrected chi connectivity index (χ2v) is 5.16. The SMILES string of the molecule is O.OC(Cn1cncn1)(Cn1cncn1)c1ccc(Cl)cc1. The van der Waals surface area contributed by atoms with Crippen LogP contribution in [0.1, 0.15) is 5.56 Å². The summed E-state index contributed by atoms with van der Waals surface area (Å²) in [4.78, 5) is 7.79. The first-order valence-corrected chi connectivity index (χ1v) is 6.67. The summed E-state index contributed by atoms with van der Waals surface area (Å²) in [5.41, 5.74) is -0.482. The molecule has 3 rings (SSSR count). The number of hydrogen-bond acceptors (Lipinski definition) is 5. The Hall–Kier alpha value is -2.29. The molecular weight excluding hydrogens is 308 g/mol. The topological polar surface area (TPSA) is 113 Å². The number of nitrogens with zero attached hydrogens (tertiary/aromatic N) is 6. The van der Waals surface area contributed by atoms with Gasteiger partial charge in [-0.05, 0) is 17.7 Å². The Morgan fingerprint density at radius 3 is 1.86 bits per heavy atom. The zero-order valence-corrected chi connectivity index (χ0v) is 12.3. The number of hydrogen-bond donors (Lipinski definition) is 1. The van der Waals surface area contributed by atoms with Crippen molar-refractivity contribution in [2.45, 2.75) is 18.7 Å². The van der Waals surface area contributed by atoms with Crippen molar-refractivity contribution in [3.8, 4) is 0 Å². The summed E-state index contributed by atoms with van der Waals surface area (Å²) in [6.07, 6.45) is 5.97. The van der Waals surface area contributed by atoms with Crippen LogP contribution in [0.5, 0.6) is 0 Å². The average molecular weight is 323 g/mol.